The molecule has 5 heteroatoms. The summed E-state index contributed by atoms with van der Waals surface area (Å²) in [7, 11) is 0. The molecule has 18 heavy (non-hydrogen) atoms. The summed E-state index contributed by atoms with van der Waals surface area (Å²) < 4.78 is 5.56. The monoisotopic (exact) mass is 251 g/mol. The first kappa shape index (κ1) is 14.2. The van der Waals surface area contributed by atoms with Gasteiger partial charge in [-0.05, 0) is 25.5 Å². The molecule has 0 unspecified atom stereocenters. The molecule has 0 heterocycles. The van der Waals surface area contributed by atoms with Gasteiger partial charge in [-0.3, -0.25) is 4.79 Å². The molecule has 0 fully saturated rings. The molecule has 0 radical (unpaired) electrons. The van der Waals surface area contributed by atoms with Crippen LogP contribution in [0.2, 0.25) is 0 Å². The van der Waals surface area contributed by atoms with Gasteiger partial charge in [-0.1, -0.05) is 6.92 Å². The summed E-state index contributed by atoms with van der Waals surface area (Å²) in [4.78, 5) is 12.9. The Morgan fingerprint density at radius 1 is 1.39 bits per heavy atom. The maximum absolute atomic E-state index is 11.0. The number of hydrogen-bond donors (Lipinski definition) is 2. The number of nitrogen functional groups attached to an aromatic ring is 1. The minimum Gasteiger partial charge on any atom is -0.491 e. The fourth-order valence-corrected chi connectivity index (χ4v) is 1.63. The van der Waals surface area contributed by atoms with E-state index in [1.54, 1.807) is 6.07 Å². The Labute approximate surface area is 108 Å². The Hall–Kier alpha value is -1.91. The van der Waals surface area contributed by atoms with Crippen molar-refractivity contribution < 1.29 is 9.53 Å². The SMILES string of the molecule is CCCOc1cc(N(CC)CC(N)=O)ccc1N. The molecule has 0 aliphatic heterocycles. The molecule has 5 nitrogen and oxygen atoms in total. The van der Waals surface area contributed by atoms with E-state index in [0.29, 0.717) is 24.6 Å². The van der Waals surface area contributed by atoms with Gasteiger partial charge in [0.05, 0.1) is 18.8 Å². The summed E-state index contributed by atoms with van der Waals surface area (Å²) in [6.07, 6.45) is 0.919. The van der Waals surface area contributed by atoms with Crippen LogP contribution in [-0.4, -0.2) is 25.6 Å². The summed E-state index contributed by atoms with van der Waals surface area (Å²) in [5.74, 6) is 0.293. The number of nitrogens with two attached hydrogens (primary N) is 2. The highest BCUT2D eigenvalue weighted by Crippen LogP contribution is 2.27. The number of primary amides is 1. The Bertz CT molecular complexity index is 407. The van der Waals surface area contributed by atoms with Gasteiger partial charge in [-0.25, -0.2) is 0 Å². The zero-order valence-corrected chi connectivity index (χ0v) is 11.0. The van der Waals surface area contributed by atoms with Crippen molar-refractivity contribution in [2.24, 2.45) is 5.73 Å². The first-order chi connectivity index (χ1) is 8.58. The molecule has 0 saturated carbocycles. The number of carbonyl (C=O) groups excluding carboxylic acids is 1. The average molecular weight is 251 g/mol. The van der Waals surface area contributed by atoms with Gasteiger partial charge in [-0.15, -0.1) is 0 Å². The zero-order valence-electron chi connectivity index (χ0n) is 11.0. The van der Waals surface area contributed by atoms with Crippen molar-refractivity contribution in [3.05, 3.63) is 18.2 Å². The molecule has 0 bridgehead atoms. The molecule has 0 aliphatic carbocycles. The molecule has 0 saturated heterocycles. The van der Waals surface area contributed by atoms with E-state index in [9.17, 15) is 4.79 Å². The van der Waals surface area contributed by atoms with Crippen molar-refractivity contribution in [1.29, 1.82) is 0 Å². The van der Waals surface area contributed by atoms with Crippen LogP contribution in [0.4, 0.5) is 11.4 Å². The minimum absolute atomic E-state index is 0.188. The van der Waals surface area contributed by atoms with Crippen molar-refractivity contribution in [1.82, 2.24) is 0 Å². The quantitative estimate of drug-likeness (QED) is 0.717. The lowest BCUT2D eigenvalue weighted by molar-refractivity contribution is -0.116. The molecule has 1 rings (SSSR count). The molecular formula is C13H21N3O2. The van der Waals surface area contributed by atoms with Crippen molar-refractivity contribution in [3.63, 3.8) is 0 Å². The van der Waals surface area contributed by atoms with Crippen molar-refractivity contribution in [2.45, 2.75) is 20.3 Å². The smallest absolute Gasteiger partial charge is 0.236 e. The number of likely N-dealkylation sites (N-methyl/N-ethyl adjacent to an activating group) is 1. The number of carbonyl (C=O) groups is 1. The summed E-state index contributed by atoms with van der Waals surface area (Å²) in [6, 6.07) is 5.49. The van der Waals surface area contributed by atoms with Gasteiger partial charge < -0.3 is 21.1 Å². The minimum atomic E-state index is -0.357. The molecule has 0 atom stereocenters. The molecule has 4 N–H and O–H groups in total. The highest BCUT2D eigenvalue weighted by atomic mass is 16.5. The number of hydrogen-bond acceptors (Lipinski definition) is 4. The van der Waals surface area contributed by atoms with Gasteiger partial charge in [-0.2, -0.15) is 0 Å². The van der Waals surface area contributed by atoms with Gasteiger partial charge in [0.25, 0.3) is 0 Å². The standard InChI is InChI=1S/C13H21N3O2/c1-3-7-18-12-8-10(5-6-11(12)14)16(4-2)9-13(15)17/h5-6,8H,3-4,7,9,14H2,1-2H3,(H2,15,17). The maximum atomic E-state index is 11.0. The van der Waals surface area contributed by atoms with Crippen LogP contribution in [0.3, 0.4) is 0 Å². The van der Waals surface area contributed by atoms with Crippen LogP contribution in [0.15, 0.2) is 18.2 Å². The third kappa shape index (κ3) is 3.84. The van der Waals surface area contributed by atoms with Crippen LogP contribution >= 0.6 is 0 Å². The topological polar surface area (TPSA) is 81.6 Å². The lowest BCUT2D eigenvalue weighted by Gasteiger charge is -2.22. The Balaban J connectivity index is 2.90. The van der Waals surface area contributed by atoms with E-state index < -0.39 is 0 Å². The van der Waals surface area contributed by atoms with E-state index in [0.717, 1.165) is 12.1 Å². The van der Waals surface area contributed by atoms with Crippen LogP contribution < -0.4 is 21.1 Å². The van der Waals surface area contributed by atoms with E-state index in [2.05, 4.69) is 0 Å². The lowest BCUT2D eigenvalue weighted by atomic mass is 10.2. The van der Waals surface area contributed by atoms with Crippen LogP contribution in [0, 0.1) is 0 Å². The largest absolute Gasteiger partial charge is 0.491 e. The maximum Gasteiger partial charge on any atom is 0.236 e. The van der Waals surface area contributed by atoms with E-state index in [1.807, 2.05) is 30.9 Å². The number of anilines is 2. The molecule has 1 amide bonds. The van der Waals surface area contributed by atoms with E-state index in [-0.39, 0.29) is 12.5 Å². The van der Waals surface area contributed by atoms with E-state index in [1.165, 1.54) is 0 Å². The Morgan fingerprint density at radius 3 is 2.67 bits per heavy atom. The second-order valence-corrected chi connectivity index (χ2v) is 4.05. The van der Waals surface area contributed by atoms with Gasteiger partial charge in [0, 0.05) is 18.3 Å². The van der Waals surface area contributed by atoms with Crippen molar-refractivity contribution in [2.75, 3.05) is 30.3 Å². The predicted octanol–water partition coefficient (Wildman–Crippen LogP) is 1.37. The van der Waals surface area contributed by atoms with Gasteiger partial charge in [0.15, 0.2) is 0 Å². The number of benzene rings is 1. The molecule has 0 aliphatic rings. The molecule has 1 aromatic rings. The van der Waals surface area contributed by atoms with Crippen LogP contribution in [0.5, 0.6) is 5.75 Å². The fourth-order valence-electron chi connectivity index (χ4n) is 1.63. The predicted molar refractivity (Wildman–Crippen MR) is 73.7 cm³/mol. The van der Waals surface area contributed by atoms with Crippen LogP contribution in [-0.2, 0) is 4.79 Å². The second-order valence-electron chi connectivity index (χ2n) is 4.05. The zero-order chi connectivity index (χ0) is 13.5. The normalized spacial score (nSPS) is 10.1. The third-order valence-corrected chi connectivity index (χ3v) is 2.55. The second kappa shape index (κ2) is 6.74. The summed E-state index contributed by atoms with van der Waals surface area (Å²) in [5.41, 5.74) is 12.5. The summed E-state index contributed by atoms with van der Waals surface area (Å²) in [6.45, 7) is 5.50. The lowest BCUT2D eigenvalue weighted by Crippen LogP contribution is -2.33. The highest BCUT2D eigenvalue weighted by molar-refractivity contribution is 5.80. The first-order valence-electron chi connectivity index (χ1n) is 6.14. The van der Waals surface area contributed by atoms with E-state index >= 15 is 0 Å². The molecule has 0 aromatic heterocycles. The number of amides is 1. The van der Waals surface area contributed by atoms with E-state index in [4.69, 9.17) is 16.2 Å². The number of rotatable bonds is 7. The first-order valence-corrected chi connectivity index (χ1v) is 6.14. The van der Waals surface area contributed by atoms with Gasteiger partial charge in [0.1, 0.15) is 5.75 Å². The molecule has 0 spiro atoms. The van der Waals surface area contributed by atoms with Crippen LogP contribution in [0.1, 0.15) is 20.3 Å². The van der Waals surface area contributed by atoms with Gasteiger partial charge in [0.2, 0.25) is 5.91 Å². The van der Waals surface area contributed by atoms with Crippen molar-refractivity contribution >= 4 is 17.3 Å². The number of nitrogens with zero attached hydrogens (tertiary/aromatic N) is 1. The molecule has 100 valence electrons. The Kier molecular flexibility index (Phi) is 5.30. The number of ether oxygens (including phenoxy) is 1. The van der Waals surface area contributed by atoms with Crippen molar-refractivity contribution in [3.8, 4) is 5.75 Å². The third-order valence-electron chi connectivity index (χ3n) is 2.55. The Morgan fingerprint density at radius 2 is 2.11 bits per heavy atom. The average Bonchev–Trinajstić information content (AvgIpc) is 2.35. The molecular weight excluding hydrogens is 230 g/mol. The fraction of sp³-hybridized carbons (Fsp3) is 0.462. The summed E-state index contributed by atoms with van der Waals surface area (Å²) in [5, 5.41) is 0. The van der Waals surface area contributed by atoms with Crippen LogP contribution in [0.25, 0.3) is 0 Å². The highest BCUT2D eigenvalue weighted by Gasteiger charge is 2.10. The molecule has 1 aromatic carbocycles. The van der Waals surface area contributed by atoms with Gasteiger partial charge >= 0.3 is 0 Å². The summed E-state index contributed by atoms with van der Waals surface area (Å²) >= 11 is 0.